The summed E-state index contributed by atoms with van der Waals surface area (Å²) in [5.74, 6) is -1.67. The summed E-state index contributed by atoms with van der Waals surface area (Å²) in [6.07, 6.45) is -2.51. The summed E-state index contributed by atoms with van der Waals surface area (Å²) in [5, 5.41) is 8.47. The van der Waals surface area contributed by atoms with Gasteiger partial charge in [-0.1, -0.05) is 0 Å². The normalized spacial score (nSPS) is 15.8. The summed E-state index contributed by atoms with van der Waals surface area (Å²) in [6.45, 7) is 0.346. The fourth-order valence-electron chi connectivity index (χ4n) is 0.871. The molecule has 0 aromatic heterocycles. The molecule has 78 valence electrons. The van der Waals surface area contributed by atoms with Gasteiger partial charge < -0.3 is 16.6 Å². The van der Waals surface area contributed by atoms with Gasteiger partial charge in [-0.2, -0.15) is 0 Å². The number of carboxylic acids is 1. The minimum atomic E-state index is -3.05. The number of nitrogens with two attached hydrogens (primary N) is 2. The van der Waals surface area contributed by atoms with Crippen molar-refractivity contribution in [1.82, 2.24) is 0 Å². The van der Waals surface area contributed by atoms with Gasteiger partial charge in [0.25, 0.3) is 6.43 Å². The Morgan fingerprint density at radius 2 is 2.00 bits per heavy atom. The van der Waals surface area contributed by atoms with Crippen molar-refractivity contribution >= 4 is 5.97 Å². The molecule has 0 aliphatic carbocycles. The summed E-state index contributed by atoms with van der Waals surface area (Å²) in [7, 11) is 0. The molecule has 4 nitrogen and oxygen atoms in total. The molecule has 0 saturated carbocycles. The molecule has 0 aromatic carbocycles. The highest BCUT2D eigenvalue weighted by atomic mass is 19.3. The van der Waals surface area contributed by atoms with Crippen LogP contribution in [0.4, 0.5) is 8.78 Å². The molecule has 5 N–H and O–H groups in total. The Kier molecular flexibility index (Phi) is 4.79. The van der Waals surface area contributed by atoms with Crippen molar-refractivity contribution in [1.29, 1.82) is 0 Å². The zero-order chi connectivity index (χ0) is 10.5. The minimum Gasteiger partial charge on any atom is -0.480 e. The van der Waals surface area contributed by atoms with Gasteiger partial charge in [-0.15, -0.1) is 0 Å². The lowest BCUT2D eigenvalue weighted by molar-refractivity contribution is -0.150. The molecule has 0 aliphatic rings. The second-order valence-corrected chi connectivity index (χ2v) is 2.89. The van der Waals surface area contributed by atoms with Crippen molar-refractivity contribution in [3.05, 3.63) is 0 Å². The summed E-state index contributed by atoms with van der Waals surface area (Å²) in [4.78, 5) is 10.4. The predicted molar refractivity (Wildman–Crippen MR) is 43.5 cm³/mol. The van der Waals surface area contributed by atoms with Crippen LogP contribution in [0.25, 0.3) is 0 Å². The first-order chi connectivity index (χ1) is 5.95. The average Bonchev–Trinajstić information content (AvgIpc) is 2.03. The maximum Gasteiger partial charge on any atom is 0.329 e. The van der Waals surface area contributed by atoms with Crippen molar-refractivity contribution in [3.63, 3.8) is 0 Å². The van der Waals surface area contributed by atoms with Gasteiger partial charge in [0.05, 0.1) is 0 Å². The number of aliphatic carboxylic acids is 1. The van der Waals surface area contributed by atoms with E-state index in [1.165, 1.54) is 0 Å². The molecule has 0 saturated heterocycles. The zero-order valence-corrected chi connectivity index (χ0v) is 7.17. The molecule has 0 aromatic rings. The Balaban J connectivity index is 4.17. The van der Waals surface area contributed by atoms with E-state index >= 15 is 0 Å². The summed E-state index contributed by atoms with van der Waals surface area (Å²) in [5.41, 5.74) is 7.75. The first-order valence-corrected chi connectivity index (χ1v) is 3.95. The molecule has 6 heteroatoms. The largest absolute Gasteiger partial charge is 0.480 e. The van der Waals surface area contributed by atoms with E-state index in [1.807, 2.05) is 0 Å². The molecule has 0 unspecified atom stereocenters. The van der Waals surface area contributed by atoms with E-state index in [1.54, 1.807) is 0 Å². The van der Waals surface area contributed by atoms with Crippen LogP contribution >= 0.6 is 0 Å². The molecule has 13 heavy (non-hydrogen) atoms. The smallest absolute Gasteiger partial charge is 0.329 e. The van der Waals surface area contributed by atoms with Crippen LogP contribution in [0, 0.1) is 0 Å². The van der Waals surface area contributed by atoms with Gasteiger partial charge in [0.15, 0.2) is 5.54 Å². The fraction of sp³-hybridized carbons (Fsp3) is 0.857. The topological polar surface area (TPSA) is 89.3 Å². The van der Waals surface area contributed by atoms with Crippen molar-refractivity contribution in [2.45, 2.75) is 31.2 Å². The maximum absolute atomic E-state index is 12.2. The summed E-state index contributed by atoms with van der Waals surface area (Å²) < 4.78 is 24.4. The van der Waals surface area contributed by atoms with Gasteiger partial charge in [0.2, 0.25) is 0 Å². The van der Waals surface area contributed by atoms with Gasteiger partial charge in [0.1, 0.15) is 0 Å². The van der Waals surface area contributed by atoms with Crippen molar-refractivity contribution in [2.24, 2.45) is 11.5 Å². The van der Waals surface area contributed by atoms with Gasteiger partial charge in [-0.3, -0.25) is 0 Å². The van der Waals surface area contributed by atoms with E-state index in [9.17, 15) is 13.6 Å². The number of unbranched alkanes of at least 4 members (excludes halogenated alkanes) is 1. The van der Waals surface area contributed by atoms with Crippen LogP contribution in [-0.2, 0) is 4.79 Å². The van der Waals surface area contributed by atoms with Crippen LogP contribution in [0.3, 0.4) is 0 Å². The second kappa shape index (κ2) is 5.08. The van der Waals surface area contributed by atoms with E-state index in [-0.39, 0.29) is 6.42 Å². The quantitative estimate of drug-likeness (QED) is 0.528. The molecule has 0 spiro atoms. The number of carboxylic acid groups (broad SMARTS) is 1. The first-order valence-electron chi connectivity index (χ1n) is 3.95. The SMILES string of the molecule is NCCCC[C@@](N)(C(=O)O)C(F)F. The first kappa shape index (κ1) is 12.2. The van der Waals surface area contributed by atoms with Crippen LogP contribution in [0.15, 0.2) is 0 Å². The Morgan fingerprint density at radius 3 is 2.31 bits per heavy atom. The lowest BCUT2D eigenvalue weighted by atomic mass is 9.94. The summed E-state index contributed by atoms with van der Waals surface area (Å²) >= 11 is 0. The zero-order valence-electron chi connectivity index (χ0n) is 7.17. The third-order valence-electron chi connectivity index (χ3n) is 1.83. The van der Waals surface area contributed by atoms with Gasteiger partial charge >= 0.3 is 5.97 Å². The molecule has 0 bridgehead atoms. The molecule has 0 heterocycles. The fourth-order valence-corrected chi connectivity index (χ4v) is 0.871. The van der Waals surface area contributed by atoms with Crippen molar-refractivity contribution in [3.8, 4) is 0 Å². The highest BCUT2D eigenvalue weighted by Crippen LogP contribution is 2.20. The van der Waals surface area contributed by atoms with E-state index in [0.717, 1.165) is 0 Å². The van der Waals surface area contributed by atoms with Crippen LogP contribution in [0.1, 0.15) is 19.3 Å². The Bertz CT molecular complexity index is 178. The third kappa shape index (κ3) is 3.23. The molecule has 1 atom stereocenters. The minimum absolute atomic E-state index is 0.253. The monoisotopic (exact) mass is 196 g/mol. The number of halogens is 2. The molecule has 0 radical (unpaired) electrons. The maximum atomic E-state index is 12.2. The van der Waals surface area contributed by atoms with E-state index in [2.05, 4.69) is 0 Å². The van der Waals surface area contributed by atoms with Crippen LogP contribution in [-0.4, -0.2) is 29.6 Å². The van der Waals surface area contributed by atoms with Crippen LogP contribution in [0.2, 0.25) is 0 Å². The highest BCUT2D eigenvalue weighted by Gasteiger charge is 2.42. The Morgan fingerprint density at radius 1 is 1.46 bits per heavy atom. The lowest BCUT2D eigenvalue weighted by Crippen LogP contribution is -2.54. The molecule has 0 aliphatic heterocycles. The van der Waals surface area contributed by atoms with E-state index < -0.39 is 17.9 Å². The predicted octanol–water partition coefficient (Wildman–Crippen LogP) is 0.163. The van der Waals surface area contributed by atoms with Crippen molar-refractivity contribution in [2.75, 3.05) is 6.54 Å². The van der Waals surface area contributed by atoms with Gasteiger partial charge in [-0.25, -0.2) is 13.6 Å². The number of carbonyl (C=O) groups is 1. The molecule has 0 rings (SSSR count). The summed E-state index contributed by atoms with van der Waals surface area (Å²) in [6, 6.07) is 0. The third-order valence-corrected chi connectivity index (χ3v) is 1.83. The van der Waals surface area contributed by atoms with Gasteiger partial charge in [-0.05, 0) is 25.8 Å². The standard InChI is InChI=1S/C7H14F2N2O2/c8-5(9)7(11,6(12)13)3-1-2-4-10/h5H,1-4,10-11H2,(H,12,13)/t7-/m0/s1. The number of rotatable bonds is 6. The van der Waals surface area contributed by atoms with E-state index in [0.29, 0.717) is 19.4 Å². The molecule has 0 fully saturated rings. The molecular weight excluding hydrogens is 182 g/mol. The van der Waals surface area contributed by atoms with Crippen LogP contribution < -0.4 is 11.5 Å². The Labute approximate surface area is 74.9 Å². The second-order valence-electron chi connectivity index (χ2n) is 2.89. The average molecular weight is 196 g/mol. The lowest BCUT2D eigenvalue weighted by Gasteiger charge is -2.23. The Hall–Kier alpha value is -0.750. The number of hydrogen-bond donors (Lipinski definition) is 3. The molecule has 0 amide bonds. The van der Waals surface area contributed by atoms with Crippen LogP contribution in [0.5, 0.6) is 0 Å². The highest BCUT2D eigenvalue weighted by molar-refractivity contribution is 5.79. The number of hydrogen-bond acceptors (Lipinski definition) is 3. The van der Waals surface area contributed by atoms with E-state index in [4.69, 9.17) is 16.6 Å². The number of alkyl halides is 2. The molecular formula is C7H14F2N2O2. The van der Waals surface area contributed by atoms with Crippen molar-refractivity contribution < 1.29 is 18.7 Å². The van der Waals surface area contributed by atoms with Gasteiger partial charge in [0, 0.05) is 0 Å².